The topological polar surface area (TPSA) is 104 Å². The summed E-state index contributed by atoms with van der Waals surface area (Å²) < 4.78 is 6.48. The number of hydrogen-bond donors (Lipinski definition) is 1. The normalized spacial score (nSPS) is 32.6. The second-order valence-electron chi connectivity index (χ2n) is 10.6. The molecule has 2 saturated heterocycles. The highest BCUT2D eigenvalue weighted by Gasteiger charge is 2.76. The van der Waals surface area contributed by atoms with Crippen LogP contribution in [0.1, 0.15) is 24.3 Å². The lowest BCUT2D eigenvalue weighted by Crippen LogP contribution is -2.60. The smallest absolute Gasteiger partial charge is 0.254 e. The number of benzene rings is 2. The summed E-state index contributed by atoms with van der Waals surface area (Å²) in [7, 11) is 0. The highest BCUT2D eigenvalue weighted by atomic mass is 127. The van der Waals surface area contributed by atoms with E-state index in [9.17, 15) is 19.2 Å². The van der Waals surface area contributed by atoms with Crippen molar-refractivity contribution in [3.8, 4) is 5.75 Å². The fourth-order valence-electron chi connectivity index (χ4n) is 6.89. The Bertz CT molecular complexity index is 1490. The number of nitrogens with zero attached hydrogens (tertiary/aromatic N) is 2. The van der Waals surface area contributed by atoms with E-state index in [1.807, 2.05) is 18.2 Å². The summed E-state index contributed by atoms with van der Waals surface area (Å²) in [6, 6.07) is 14.1. The maximum Gasteiger partial charge on any atom is 0.254 e. The molecule has 0 spiro atoms. The fraction of sp³-hybridized carbons (Fsp3) is 0.379. The average Bonchev–Trinajstić information content (AvgIpc) is 3.30. The van der Waals surface area contributed by atoms with E-state index in [1.54, 1.807) is 36.4 Å². The van der Waals surface area contributed by atoms with Crippen molar-refractivity contribution in [3.05, 3.63) is 69.3 Å². The fourth-order valence-corrected chi connectivity index (χ4v) is 8.68. The molecule has 6 rings (SSSR count). The summed E-state index contributed by atoms with van der Waals surface area (Å²) in [6.07, 6.45) is 2.14. The van der Waals surface area contributed by atoms with Crippen LogP contribution < -0.4 is 9.64 Å². The second-order valence-corrected chi connectivity index (χ2v) is 13.6. The molecule has 2 heterocycles. The molecule has 12 heteroatoms. The zero-order chi connectivity index (χ0) is 29.3. The Labute approximate surface area is 268 Å². The van der Waals surface area contributed by atoms with E-state index >= 15 is 0 Å². The summed E-state index contributed by atoms with van der Waals surface area (Å²) in [5.74, 6) is -4.18. The third kappa shape index (κ3) is 4.15. The maximum atomic E-state index is 14.0. The predicted octanol–water partition coefficient (Wildman–Crippen LogP) is 4.58. The lowest BCUT2D eigenvalue weighted by molar-refractivity contribution is -0.138. The van der Waals surface area contributed by atoms with Crippen molar-refractivity contribution in [2.24, 2.45) is 17.8 Å². The lowest BCUT2D eigenvalue weighted by Gasteiger charge is -2.50. The van der Waals surface area contributed by atoms with E-state index in [-0.39, 0.29) is 36.9 Å². The van der Waals surface area contributed by atoms with Crippen LogP contribution in [-0.2, 0) is 19.2 Å². The quantitative estimate of drug-likeness (QED) is 0.152. The van der Waals surface area contributed by atoms with E-state index in [0.717, 1.165) is 14.0 Å². The van der Waals surface area contributed by atoms with E-state index in [1.165, 1.54) is 4.90 Å². The van der Waals surface area contributed by atoms with Gasteiger partial charge in [-0.05, 0) is 83.3 Å². The van der Waals surface area contributed by atoms with Gasteiger partial charge in [-0.1, -0.05) is 39.7 Å². The number of fused-ring (bicyclic) bond motifs is 4. The minimum atomic E-state index is -1.86. The molecule has 2 aromatic carbocycles. The molecule has 4 amide bonds. The van der Waals surface area contributed by atoms with Gasteiger partial charge < -0.3 is 9.84 Å². The Morgan fingerprint density at radius 3 is 2.29 bits per heavy atom. The van der Waals surface area contributed by atoms with Gasteiger partial charge in [-0.3, -0.25) is 29.0 Å². The molecule has 6 atom stereocenters. The monoisotopic (exact) mass is 772 g/mol. The first-order chi connectivity index (χ1) is 19.6. The Balaban J connectivity index is 1.47. The molecule has 2 aliphatic carbocycles. The van der Waals surface area contributed by atoms with E-state index in [0.29, 0.717) is 23.4 Å². The molecule has 214 valence electrons. The molecular weight excluding hydrogens is 750 g/mol. The van der Waals surface area contributed by atoms with Crippen LogP contribution >= 0.6 is 61.7 Å². The van der Waals surface area contributed by atoms with Gasteiger partial charge in [0.05, 0.1) is 29.6 Å². The SMILES string of the molecule is O=C1[C@H]2[C@H](CC=C3[C@H]2C[C@@]2(Cl)C(=O)N(CBr)C(=O)[C@@]2(Cl)[C@H]3c2ccc(OCCO)cc2)C(=O)N1c1ccc(I)cc1. The number of rotatable bonds is 6. The molecule has 0 bridgehead atoms. The summed E-state index contributed by atoms with van der Waals surface area (Å²) in [5, 5.41) is 9.10. The van der Waals surface area contributed by atoms with Gasteiger partial charge in [-0.15, -0.1) is 23.2 Å². The van der Waals surface area contributed by atoms with Crippen molar-refractivity contribution in [3.63, 3.8) is 0 Å². The molecular formula is C29H24BrCl2IN2O6. The number of imide groups is 2. The number of aliphatic hydroxyl groups is 1. The minimum Gasteiger partial charge on any atom is -0.491 e. The first-order valence-corrected chi connectivity index (χ1v) is 16.0. The van der Waals surface area contributed by atoms with Crippen molar-refractivity contribution in [2.45, 2.75) is 28.5 Å². The van der Waals surface area contributed by atoms with Gasteiger partial charge in [0.25, 0.3) is 11.8 Å². The third-order valence-corrected chi connectivity index (χ3v) is 11.3. The Morgan fingerprint density at radius 2 is 1.66 bits per heavy atom. The van der Waals surface area contributed by atoms with Crippen LogP contribution in [0.2, 0.25) is 0 Å². The number of halogens is 4. The standard InChI is InChI=1S/C29H24BrCl2IN2O6/c30-14-34-26(39)28(31)13-21-19(23(29(28,32)27(34)40)15-1-7-18(8-2-15)41-12-11-36)9-10-20-22(21)25(38)35(24(20)37)17-5-3-16(33)4-6-17/h1-9,20-23,36H,10-14H2/t20-,21+,22-,23-,28+,29-/m0/s1. The largest absolute Gasteiger partial charge is 0.491 e. The van der Waals surface area contributed by atoms with Crippen molar-refractivity contribution in [1.29, 1.82) is 0 Å². The Kier molecular flexibility index (Phi) is 7.54. The van der Waals surface area contributed by atoms with Gasteiger partial charge in [0, 0.05) is 9.49 Å². The molecule has 0 radical (unpaired) electrons. The van der Waals surface area contributed by atoms with Crippen LogP contribution in [-0.4, -0.2) is 62.1 Å². The van der Waals surface area contributed by atoms with Gasteiger partial charge in [-0.2, -0.15) is 0 Å². The molecule has 3 fully saturated rings. The third-order valence-electron chi connectivity index (χ3n) is 8.67. The number of anilines is 1. The molecule has 2 aliphatic heterocycles. The molecule has 8 nitrogen and oxygen atoms in total. The van der Waals surface area contributed by atoms with Gasteiger partial charge in [0.15, 0.2) is 9.75 Å². The van der Waals surface area contributed by atoms with Crippen molar-refractivity contribution in [1.82, 2.24) is 4.90 Å². The molecule has 1 N–H and O–H groups in total. The first kappa shape index (κ1) is 29.1. The number of likely N-dealkylation sites (tertiary alicyclic amines) is 1. The number of allylic oxidation sites excluding steroid dienone is 2. The molecule has 41 heavy (non-hydrogen) atoms. The van der Waals surface area contributed by atoms with E-state index in [2.05, 4.69) is 38.5 Å². The zero-order valence-corrected chi connectivity index (χ0v) is 26.7. The molecule has 0 unspecified atom stereocenters. The first-order valence-electron chi connectivity index (χ1n) is 13.1. The van der Waals surface area contributed by atoms with Gasteiger partial charge >= 0.3 is 0 Å². The number of hydrogen-bond acceptors (Lipinski definition) is 6. The highest BCUT2D eigenvalue weighted by Crippen LogP contribution is 2.65. The van der Waals surface area contributed by atoms with Crippen LogP contribution in [0.3, 0.4) is 0 Å². The highest BCUT2D eigenvalue weighted by molar-refractivity contribution is 14.1. The molecule has 0 aromatic heterocycles. The average molecular weight is 774 g/mol. The van der Waals surface area contributed by atoms with Crippen LogP contribution in [0, 0.1) is 21.3 Å². The van der Waals surface area contributed by atoms with Crippen molar-refractivity contribution < 1.29 is 29.0 Å². The number of aliphatic hydroxyl groups excluding tert-OH is 1. The van der Waals surface area contributed by atoms with Crippen LogP contribution in [0.25, 0.3) is 0 Å². The van der Waals surface area contributed by atoms with E-state index in [4.69, 9.17) is 33.0 Å². The summed E-state index contributed by atoms with van der Waals surface area (Å²) in [4.78, 5) is 53.7. The van der Waals surface area contributed by atoms with Gasteiger partial charge in [0.2, 0.25) is 11.8 Å². The number of ether oxygens (including phenoxy) is 1. The van der Waals surface area contributed by atoms with Crippen LogP contribution in [0.15, 0.2) is 60.2 Å². The van der Waals surface area contributed by atoms with Gasteiger partial charge in [0.1, 0.15) is 12.4 Å². The second kappa shape index (κ2) is 10.6. The maximum absolute atomic E-state index is 14.0. The zero-order valence-electron chi connectivity index (χ0n) is 21.4. The van der Waals surface area contributed by atoms with Crippen molar-refractivity contribution in [2.75, 3.05) is 23.6 Å². The summed E-state index contributed by atoms with van der Waals surface area (Å²) in [5.41, 5.74) is 1.76. The van der Waals surface area contributed by atoms with Crippen molar-refractivity contribution >= 4 is 91.0 Å². The number of alkyl halides is 3. The summed E-state index contributed by atoms with van der Waals surface area (Å²) >= 11 is 19.9. The Hall–Kier alpha value is -1.99. The van der Waals surface area contributed by atoms with E-state index < -0.39 is 45.2 Å². The van der Waals surface area contributed by atoms with Gasteiger partial charge in [-0.25, -0.2) is 0 Å². The number of carbonyl (C=O) groups excluding carboxylic acids is 4. The molecule has 1 saturated carbocycles. The number of carbonyl (C=O) groups is 4. The Morgan fingerprint density at radius 1 is 0.976 bits per heavy atom. The minimum absolute atomic E-state index is 0.0626. The van der Waals surface area contributed by atoms with Crippen LogP contribution in [0.4, 0.5) is 5.69 Å². The number of amides is 4. The molecule has 4 aliphatic rings. The predicted molar refractivity (Wildman–Crippen MR) is 164 cm³/mol. The molecule has 2 aromatic rings. The van der Waals surface area contributed by atoms with Crippen LogP contribution in [0.5, 0.6) is 5.75 Å². The lowest BCUT2D eigenvalue weighted by atomic mass is 9.56. The summed E-state index contributed by atoms with van der Waals surface area (Å²) in [6.45, 7) is -0.0320.